The van der Waals surface area contributed by atoms with E-state index in [9.17, 15) is 4.79 Å². The first-order valence-electron chi connectivity index (χ1n) is 6.45. The highest BCUT2D eigenvalue weighted by molar-refractivity contribution is 7.22. The minimum absolute atomic E-state index is 0.302. The molecule has 0 spiro atoms. The number of hydrogen-bond donors (Lipinski definition) is 1. The van der Waals surface area contributed by atoms with Crippen molar-refractivity contribution in [1.29, 1.82) is 0 Å². The number of nitrogens with one attached hydrogen (secondary N) is 1. The fourth-order valence-corrected chi connectivity index (χ4v) is 3.48. The molecule has 0 bridgehead atoms. The van der Waals surface area contributed by atoms with E-state index in [0.29, 0.717) is 26.4 Å². The molecule has 4 nitrogen and oxygen atoms in total. The second-order valence-electron chi connectivity index (χ2n) is 4.83. The molecule has 3 aromatic rings. The Morgan fingerprint density at radius 3 is 2.68 bits per heavy atom. The fourth-order valence-electron chi connectivity index (χ4n) is 2.11. The molecule has 0 aliphatic rings. The van der Waals surface area contributed by atoms with E-state index in [4.69, 9.17) is 23.2 Å². The lowest BCUT2D eigenvalue weighted by Gasteiger charge is -2.04. The number of benzene rings is 1. The Morgan fingerprint density at radius 2 is 1.95 bits per heavy atom. The first-order valence-corrected chi connectivity index (χ1v) is 8.02. The summed E-state index contributed by atoms with van der Waals surface area (Å²) < 4.78 is 0.961. The molecule has 112 valence electrons. The topological polar surface area (TPSA) is 54.9 Å². The van der Waals surface area contributed by atoms with Crippen molar-refractivity contribution < 1.29 is 4.79 Å². The predicted octanol–water partition coefficient (Wildman–Crippen LogP) is 4.87. The molecule has 1 N–H and O–H groups in total. The van der Waals surface area contributed by atoms with Gasteiger partial charge in [0.25, 0.3) is 5.91 Å². The molecule has 7 heteroatoms. The number of aryl methyl sites for hydroxylation is 2. The van der Waals surface area contributed by atoms with Gasteiger partial charge in [-0.25, -0.2) is 4.98 Å². The van der Waals surface area contributed by atoms with Gasteiger partial charge in [-0.3, -0.25) is 10.1 Å². The number of halogens is 2. The van der Waals surface area contributed by atoms with Gasteiger partial charge in [0.15, 0.2) is 10.8 Å². The number of amides is 1. The number of carbonyl (C=O) groups is 1. The van der Waals surface area contributed by atoms with Crippen molar-refractivity contribution in [2.45, 2.75) is 13.8 Å². The summed E-state index contributed by atoms with van der Waals surface area (Å²) in [5.74, 6) is -0.324. The molecule has 0 saturated heterocycles. The molecular weight excluding hydrogens is 341 g/mol. The van der Waals surface area contributed by atoms with E-state index in [0.717, 1.165) is 16.0 Å². The Kier molecular flexibility index (Phi) is 4.04. The van der Waals surface area contributed by atoms with Crippen molar-refractivity contribution in [2.75, 3.05) is 5.32 Å². The molecule has 3 rings (SSSR count). The summed E-state index contributed by atoms with van der Waals surface area (Å²) >= 11 is 13.3. The van der Waals surface area contributed by atoms with Gasteiger partial charge in [-0.05, 0) is 43.7 Å². The lowest BCUT2D eigenvalue weighted by Crippen LogP contribution is -2.12. The monoisotopic (exact) mass is 351 g/mol. The Labute approximate surface area is 141 Å². The molecule has 0 fully saturated rings. The quantitative estimate of drug-likeness (QED) is 0.716. The van der Waals surface area contributed by atoms with Crippen LogP contribution in [0.2, 0.25) is 10.0 Å². The van der Waals surface area contributed by atoms with Crippen LogP contribution in [0, 0.1) is 13.8 Å². The van der Waals surface area contributed by atoms with Crippen molar-refractivity contribution in [3.8, 4) is 0 Å². The molecule has 0 radical (unpaired) electrons. The van der Waals surface area contributed by atoms with Crippen LogP contribution in [0.4, 0.5) is 5.13 Å². The summed E-state index contributed by atoms with van der Waals surface area (Å²) in [6.45, 7) is 3.91. The Morgan fingerprint density at radius 1 is 1.18 bits per heavy atom. The Balaban J connectivity index is 1.92. The molecule has 1 amide bonds. The van der Waals surface area contributed by atoms with Crippen LogP contribution in [0.25, 0.3) is 10.3 Å². The average molecular weight is 352 g/mol. The van der Waals surface area contributed by atoms with Gasteiger partial charge in [-0.2, -0.15) is 4.98 Å². The molecule has 0 aliphatic carbocycles. The van der Waals surface area contributed by atoms with Gasteiger partial charge in [-0.15, -0.1) is 0 Å². The van der Waals surface area contributed by atoms with E-state index in [1.807, 2.05) is 19.9 Å². The minimum atomic E-state index is -0.324. The SMILES string of the molecule is Cc1cc(C)c2sc(NC(=O)c3ccc(Cl)cc3Cl)nc2n1. The maximum absolute atomic E-state index is 12.3. The molecule has 22 heavy (non-hydrogen) atoms. The van der Waals surface area contributed by atoms with Crippen LogP contribution in [-0.2, 0) is 0 Å². The summed E-state index contributed by atoms with van der Waals surface area (Å²) in [6, 6.07) is 6.73. The van der Waals surface area contributed by atoms with E-state index >= 15 is 0 Å². The zero-order valence-electron chi connectivity index (χ0n) is 11.8. The summed E-state index contributed by atoms with van der Waals surface area (Å²) in [5.41, 5.74) is 2.98. The van der Waals surface area contributed by atoms with Crippen LogP contribution in [0.1, 0.15) is 21.6 Å². The van der Waals surface area contributed by atoms with Crippen LogP contribution in [0.3, 0.4) is 0 Å². The first kappa shape index (κ1) is 15.2. The van der Waals surface area contributed by atoms with E-state index in [-0.39, 0.29) is 5.91 Å². The lowest BCUT2D eigenvalue weighted by molar-refractivity contribution is 0.102. The molecule has 1 aromatic carbocycles. The third kappa shape index (κ3) is 2.92. The van der Waals surface area contributed by atoms with Crippen molar-refractivity contribution in [3.05, 3.63) is 51.1 Å². The summed E-state index contributed by atoms with van der Waals surface area (Å²) in [7, 11) is 0. The summed E-state index contributed by atoms with van der Waals surface area (Å²) in [6.07, 6.45) is 0. The number of aromatic nitrogens is 2. The molecule has 0 saturated carbocycles. The third-order valence-electron chi connectivity index (χ3n) is 3.07. The van der Waals surface area contributed by atoms with Crippen molar-refractivity contribution in [1.82, 2.24) is 9.97 Å². The maximum Gasteiger partial charge on any atom is 0.258 e. The van der Waals surface area contributed by atoms with Gasteiger partial charge in [0.05, 0.1) is 15.3 Å². The smallest absolute Gasteiger partial charge is 0.258 e. The third-order valence-corrected chi connectivity index (χ3v) is 4.71. The number of anilines is 1. The maximum atomic E-state index is 12.3. The number of carbonyl (C=O) groups excluding carboxylic acids is 1. The van der Waals surface area contributed by atoms with Gasteiger partial charge in [0.2, 0.25) is 0 Å². The Bertz CT molecular complexity index is 892. The standard InChI is InChI=1S/C15H11Cl2N3OS/c1-7-5-8(2)18-13-12(7)22-15(19-13)20-14(21)10-4-3-9(16)6-11(10)17/h3-6H,1-2H3,(H,18,19,20,21). The first-order chi connectivity index (χ1) is 10.4. The largest absolute Gasteiger partial charge is 0.298 e. The normalized spacial score (nSPS) is 10.9. The number of rotatable bonds is 2. The van der Waals surface area contributed by atoms with Crippen LogP contribution in [0.5, 0.6) is 0 Å². The van der Waals surface area contributed by atoms with Crippen LogP contribution < -0.4 is 5.32 Å². The van der Waals surface area contributed by atoms with Crippen molar-refractivity contribution in [3.63, 3.8) is 0 Å². The van der Waals surface area contributed by atoms with E-state index in [1.54, 1.807) is 12.1 Å². The van der Waals surface area contributed by atoms with Gasteiger partial charge in [0.1, 0.15) is 0 Å². The highest BCUT2D eigenvalue weighted by Gasteiger charge is 2.14. The van der Waals surface area contributed by atoms with Gasteiger partial charge >= 0.3 is 0 Å². The molecule has 2 heterocycles. The van der Waals surface area contributed by atoms with E-state index < -0.39 is 0 Å². The molecule has 0 aliphatic heterocycles. The lowest BCUT2D eigenvalue weighted by atomic mass is 10.2. The number of nitrogens with zero attached hydrogens (tertiary/aromatic N) is 2. The van der Waals surface area contributed by atoms with Crippen LogP contribution in [-0.4, -0.2) is 15.9 Å². The second kappa shape index (κ2) is 5.83. The van der Waals surface area contributed by atoms with Gasteiger partial charge in [-0.1, -0.05) is 34.5 Å². The molecule has 0 atom stereocenters. The molecule has 2 aromatic heterocycles. The number of thiazole rings is 1. The van der Waals surface area contributed by atoms with Crippen LogP contribution >= 0.6 is 34.5 Å². The number of hydrogen-bond acceptors (Lipinski definition) is 4. The van der Waals surface area contributed by atoms with Gasteiger partial charge in [0, 0.05) is 10.7 Å². The molecular formula is C15H11Cl2N3OS. The predicted molar refractivity (Wildman–Crippen MR) is 91.3 cm³/mol. The zero-order chi connectivity index (χ0) is 15.9. The molecule has 0 unspecified atom stereocenters. The number of pyridine rings is 1. The van der Waals surface area contributed by atoms with E-state index in [1.165, 1.54) is 17.4 Å². The van der Waals surface area contributed by atoms with Gasteiger partial charge < -0.3 is 0 Å². The number of fused-ring (bicyclic) bond motifs is 1. The average Bonchev–Trinajstić information content (AvgIpc) is 2.81. The van der Waals surface area contributed by atoms with Crippen molar-refractivity contribution in [2.24, 2.45) is 0 Å². The van der Waals surface area contributed by atoms with Crippen LogP contribution in [0.15, 0.2) is 24.3 Å². The van der Waals surface area contributed by atoms with Crippen molar-refractivity contribution >= 4 is 55.9 Å². The second-order valence-corrected chi connectivity index (χ2v) is 6.67. The van der Waals surface area contributed by atoms with E-state index in [2.05, 4.69) is 15.3 Å². The highest BCUT2D eigenvalue weighted by Crippen LogP contribution is 2.29. The highest BCUT2D eigenvalue weighted by atomic mass is 35.5. The zero-order valence-corrected chi connectivity index (χ0v) is 14.1. The Hall–Kier alpha value is -1.69. The summed E-state index contributed by atoms with van der Waals surface area (Å²) in [4.78, 5) is 21.0. The fraction of sp³-hybridized carbons (Fsp3) is 0.133. The minimum Gasteiger partial charge on any atom is -0.298 e. The summed E-state index contributed by atoms with van der Waals surface area (Å²) in [5, 5.41) is 4.03.